The number of tetrazole rings is 1. The first-order chi connectivity index (χ1) is 8.16. The van der Waals surface area contributed by atoms with Crippen molar-refractivity contribution < 1.29 is 0 Å². The van der Waals surface area contributed by atoms with Crippen molar-refractivity contribution in [3.8, 4) is 0 Å². The molecule has 1 unspecified atom stereocenters. The predicted octanol–water partition coefficient (Wildman–Crippen LogP) is 3.19. The van der Waals surface area contributed by atoms with Gasteiger partial charge in [0.15, 0.2) is 5.82 Å². The molecule has 0 bridgehead atoms. The van der Waals surface area contributed by atoms with E-state index >= 15 is 0 Å². The van der Waals surface area contributed by atoms with Crippen molar-refractivity contribution >= 4 is 11.6 Å². The van der Waals surface area contributed by atoms with E-state index in [0.29, 0.717) is 0 Å². The number of hydrogen-bond donors (Lipinski definition) is 0. The summed E-state index contributed by atoms with van der Waals surface area (Å²) in [5.74, 6) is 2.54. The molecular weight excluding hydrogens is 236 g/mol. The van der Waals surface area contributed by atoms with Gasteiger partial charge in [-0.3, -0.25) is 0 Å². The maximum Gasteiger partial charge on any atom is 0.168 e. The fraction of sp³-hybridized carbons (Fsp3) is 0.917. The minimum Gasteiger partial charge on any atom is -0.228 e. The maximum atomic E-state index is 6.03. The van der Waals surface area contributed by atoms with E-state index in [1.165, 1.54) is 32.1 Å². The number of aryl methyl sites for hydroxylation is 1. The van der Waals surface area contributed by atoms with E-state index in [4.69, 9.17) is 11.6 Å². The van der Waals surface area contributed by atoms with Gasteiger partial charge in [-0.2, -0.15) is 0 Å². The third-order valence-corrected chi connectivity index (χ3v) is 4.00. The Morgan fingerprint density at radius 1 is 1.35 bits per heavy atom. The summed E-state index contributed by atoms with van der Waals surface area (Å²) in [6, 6.07) is 0. The average molecular weight is 257 g/mol. The maximum absolute atomic E-state index is 6.03. The zero-order valence-corrected chi connectivity index (χ0v) is 11.4. The summed E-state index contributed by atoms with van der Waals surface area (Å²) in [6.45, 7) is 5.16. The van der Waals surface area contributed by atoms with E-state index < -0.39 is 0 Å². The van der Waals surface area contributed by atoms with Gasteiger partial charge in [0.05, 0.1) is 5.38 Å². The van der Waals surface area contributed by atoms with Crippen LogP contribution in [0.5, 0.6) is 0 Å². The van der Waals surface area contributed by atoms with Crippen LogP contribution >= 0.6 is 11.6 Å². The summed E-state index contributed by atoms with van der Waals surface area (Å²) < 4.78 is 1.86. The summed E-state index contributed by atoms with van der Waals surface area (Å²) in [5.41, 5.74) is 0. The molecule has 1 fully saturated rings. The second-order valence-electron chi connectivity index (χ2n) is 5.29. The quantitative estimate of drug-likeness (QED) is 0.777. The summed E-state index contributed by atoms with van der Waals surface area (Å²) in [6.07, 6.45) is 6.64. The smallest absolute Gasteiger partial charge is 0.168 e. The van der Waals surface area contributed by atoms with Gasteiger partial charge >= 0.3 is 0 Å². The monoisotopic (exact) mass is 256 g/mol. The highest BCUT2D eigenvalue weighted by atomic mass is 35.5. The van der Waals surface area contributed by atoms with Gasteiger partial charge in [0, 0.05) is 6.54 Å². The standard InChI is InChI=1S/C12H21ClN4/c1-9-3-5-11(6-4-9)7-8-17-12(10(2)13)14-15-16-17/h9-11H,3-8H2,1-2H3. The van der Waals surface area contributed by atoms with Gasteiger partial charge in [0.1, 0.15) is 0 Å². The van der Waals surface area contributed by atoms with E-state index in [0.717, 1.165) is 24.2 Å². The van der Waals surface area contributed by atoms with Crippen molar-refractivity contribution in [1.82, 2.24) is 20.2 Å². The molecule has 0 amide bonds. The molecule has 5 heteroatoms. The first-order valence-corrected chi connectivity index (χ1v) is 7.00. The van der Waals surface area contributed by atoms with E-state index in [2.05, 4.69) is 22.4 Å². The topological polar surface area (TPSA) is 43.6 Å². The number of hydrogen-bond acceptors (Lipinski definition) is 3. The number of halogens is 1. The predicted molar refractivity (Wildman–Crippen MR) is 67.8 cm³/mol. The molecule has 0 aliphatic heterocycles. The van der Waals surface area contributed by atoms with Crippen molar-refractivity contribution in [3.63, 3.8) is 0 Å². The van der Waals surface area contributed by atoms with Crippen LogP contribution < -0.4 is 0 Å². The van der Waals surface area contributed by atoms with E-state index in [-0.39, 0.29) is 5.38 Å². The summed E-state index contributed by atoms with van der Waals surface area (Å²) in [4.78, 5) is 0. The molecule has 4 nitrogen and oxygen atoms in total. The van der Waals surface area contributed by atoms with Crippen molar-refractivity contribution in [1.29, 1.82) is 0 Å². The van der Waals surface area contributed by atoms with Crippen molar-refractivity contribution in [2.24, 2.45) is 11.8 Å². The normalized spacial score (nSPS) is 27.0. The van der Waals surface area contributed by atoms with Gasteiger partial charge in [-0.25, -0.2) is 4.68 Å². The Balaban J connectivity index is 1.83. The minimum atomic E-state index is -0.114. The lowest BCUT2D eigenvalue weighted by Crippen LogP contribution is -2.16. The second kappa shape index (κ2) is 5.80. The highest BCUT2D eigenvalue weighted by molar-refractivity contribution is 6.20. The molecule has 96 valence electrons. The molecule has 0 aromatic carbocycles. The molecule has 1 saturated carbocycles. The average Bonchev–Trinajstić information content (AvgIpc) is 2.76. The van der Waals surface area contributed by atoms with Crippen LogP contribution in [0.25, 0.3) is 0 Å². The van der Waals surface area contributed by atoms with Gasteiger partial charge in [-0.1, -0.05) is 32.6 Å². The minimum absolute atomic E-state index is 0.114. The fourth-order valence-corrected chi connectivity index (χ4v) is 2.73. The molecule has 1 aromatic heterocycles. The molecule has 1 aromatic rings. The molecule has 0 radical (unpaired) electrons. The van der Waals surface area contributed by atoms with E-state index in [1.54, 1.807) is 0 Å². The lowest BCUT2D eigenvalue weighted by Gasteiger charge is -2.26. The first-order valence-electron chi connectivity index (χ1n) is 6.57. The van der Waals surface area contributed by atoms with Crippen molar-refractivity contribution in [2.75, 3.05) is 0 Å². The van der Waals surface area contributed by atoms with Gasteiger partial charge in [0.25, 0.3) is 0 Å². The zero-order chi connectivity index (χ0) is 12.3. The number of nitrogens with zero attached hydrogens (tertiary/aromatic N) is 4. The van der Waals surface area contributed by atoms with Gasteiger partial charge < -0.3 is 0 Å². The van der Waals surface area contributed by atoms with Crippen LogP contribution in [0, 0.1) is 11.8 Å². The van der Waals surface area contributed by atoms with Crippen LogP contribution in [0.15, 0.2) is 0 Å². The molecule has 0 spiro atoms. The Hall–Kier alpha value is -0.640. The zero-order valence-electron chi connectivity index (χ0n) is 10.6. The van der Waals surface area contributed by atoms with Crippen LogP contribution in [0.1, 0.15) is 57.2 Å². The molecule has 0 saturated heterocycles. The van der Waals surface area contributed by atoms with Crippen LogP contribution in [0.2, 0.25) is 0 Å². The van der Waals surface area contributed by atoms with Crippen LogP contribution in [0.3, 0.4) is 0 Å². The Morgan fingerprint density at radius 2 is 2.06 bits per heavy atom. The van der Waals surface area contributed by atoms with Crippen LogP contribution in [-0.2, 0) is 6.54 Å². The molecular formula is C12H21ClN4. The molecule has 1 heterocycles. The molecule has 1 aliphatic carbocycles. The van der Waals surface area contributed by atoms with Crippen molar-refractivity contribution in [2.45, 2.75) is 57.9 Å². The summed E-state index contributed by atoms with van der Waals surface area (Å²) >= 11 is 6.03. The molecule has 1 aliphatic rings. The van der Waals surface area contributed by atoms with Gasteiger partial charge in [-0.15, -0.1) is 16.7 Å². The van der Waals surface area contributed by atoms with E-state index in [1.807, 2.05) is 11.6 Å². The Morgan fingerprint density at radius 3 is 2.71 bits per heavy atom. The van der Waals surface area contributed by atoms with E-state index in [9.17, 15) is 0 Å². The number of rotatable bonds is 4. The SMILES string of the molecule is CC1CCC(CCn2nnnc2C(C)Cl)CC1. The fourth-order valence-electron chi connectivity index (χ4n) is 2.58. The highest BCUT2D eigenvalue weighted by Crippen LogP contribution is 2.30. The lowest BCUT2D eigenvalue weighted by atomic mass is 9.81. The highest BCUT2D eigenvalue weighted by Gasteiger charge is 2.19. The Kier molecular flexibility index (Phi) is 4.37. The van der Waals surface area contributed by atoms with Crippen LogP contribution in [0.4, 0.5) is 0 Å². The summed E-state index contributed by atoms with van der Waals surface area (Å²) in [7, 11) is 0. The van der Waals surface area contributed by atoms with Crippen molar-refractivity contribution in [3.05, 3.63) is 5.82 Å². The molecule has 17 heavy (non-hydrogen) atoms. The molecule has 0 N–H and O–H groups in total. The van der Waals surface area contributed by atoms with Crippen LogP contribution in [-0.4, -0.2) is 20.2 Å². The second-order valence-corrected chi connectivity index (χ2v) is 5.95. The first kappa shape index (κ1) is 12.8. The summed E-state index contributed by atoms with van der Waals surface area (Å²) in [5, 5.41) is 11.6. The van der Waals surface area contributed by atoms with Gasteiger partial charge in [0.2, 0.25) is 0 Å². The van der Waals surface area contributed by atoms with Gasteiger partial charge in [-0.05, 0) is 35.6 Å². The third-order valence-electron chi connectivity index (χ3n) is 3.80. The Labute approximate surface area is 108 Å². The Bertz CT molecular complexity index is 342. The molecule has 1 atom stereocenters. The largest absolute Gasteiger partial charge is 0.228 e. The number of alkyl halides is 1. The lowest BCUT2D eigenvalue weighted by molar-refractivity contribution is 0.264. The number of aromatic nitrogens is 4. The molecule has 2 rings (SSSR count). The third kappa shape index (κ3) is 3.41.